The first-order valence-electron chi connectivity index (χ1n) is 11.0. The zero-order valence-corrected chi connectivity index (χ0v) is 22.7. The smallest absolute Gasteiger partial charge is 0.244 e. The van der Waals surface area contributed by atoms with Crippen molar-refractivity contribution in [3.63, 3.8) is 0 Å². The minimum Gasteiger partial charge on any atom is -0.497 e. The van der Waals surface area contributed by atoms with E-state index >= 15 is 0 Å². The van der Waals surface area contributed by atoms with Crippen LogP contribution in [-0.2, 0) is 26.2 Å². The van der Waals surface area contributed by atoms with Gasteiger partial charge in [-0.2, -0.15) is 0 Å². The van der Waals surface area contributed by atoms with Gasteiger partial charge in [-0.25, -0.2) is 8.42 Å². The molecule has 0 heterocycles. The van der Waals surface area contributed by atoms with Gasteiger partial charge in [0.15, 0.2) is 0 Å². The van der Waals surface area contributed by atoms with E-state index in [1.807, 2.05) is 13.8 Å². The number of anilines is 1. The van der Waals surface area contributed by atoms with Crippen LogP contribution in [0.25, 0.3) is 0 Å². The third-order valence-corrected chi connectivity index (χ3v) is 7.08. The summed E-state index contributed by atoms with van der Waals surface area (Å²) in [6.07, 6.45) is 1.34. The summed E-state index contributed by atoms with van der Waals surface area (Å²) >= 11 is 12.1. The molecule has 0 spiro atoms. The van der Waals surface area contributed by atoms with E-state index in [1.54, 1.807) is 38.3 Å². The van der Waals surface area contributed by atoms with Crippen molar-refractivity contribution in [2.75, 3.05) is 24.2 Å². The number of carbonyl (C=O) groups excluding carboxylic acids is 2. The molecule has 2 amide bonds. The van der Waals surface area contributed by atoms with Crippen molar-refractivity contribution in [1.29, 1.82) is 0 Å². The van der Waals surface area contributed by atoms with Gasteiger partial charge in [0.2, 0.25) is 21.8 Å². The normalized spacial score (nSPS) is 12.2. The number of hydrogen-bond acceptors (Lipinski definition) is 5. The Morgan fingerprint density at radius 2 is 1.69 bits per heavy atom. The molecule has 0 saturated heterocycles. The van der Waals surface area contributed by atoms with Crippen molar-refractivity contribution >= 4 is 50.7 Å². The Bertz CT molecular complexity index is 1140. The molecule has 2 aromatic carbocycles. The fraction of sp³-hybridized carbons (Fsp3) is 0.417. The first-order chi connectivity index (χ1) is 16.4. The molecule has 0 radical (unpaired) electrons. The van der Waals surface area contributed by atoms with Crippen LogP contribution in [0, 0.1) is 0 Å². The predicted molar refractivity (Wildman–Crippen MR) is 140 cm³/mol. The maximum Gasteiger partial charge on any atom is 0.244 e. The molecule has 0 aromatic heterocycles. The Hall–Kier alpha value is -2.49. The summed E-state index contributed by atoms with van der Waals surface area (Å²) in [5.74, 6) is -0.202. The second-order valence-corrected chi connectivity index (χ2v) is 11.0. The average Bonchev–Trinajstić information content (AvgIpc) is 2.78. The van der Waals surface area contributed by atoms with Crippen molar-refractivity contribution in [2.24, 2.45) is 0 Å². The number of sulfonamides is 1. The first kappa shape index (κ1) is 28.7. The summed E-state index contributed by atoms with van der Waals surface area (Å²) in [7, 11) is -2.31. The lowest BCUT2D eigenvalue weighted by Gasteiger charge is -2.33. The van der Waals surface area contributed by atoms with Crippen LogP contribution in [0.15, 0.2) is 42.5 Å². The topological polar surface area (TPSA) is 96.0 Å². The average molecular weight is 545 g/mol. The predicted octanol–water partition coefficient (Wildman–Crippen LogP) is 4.10. The summed E-state index contributed by atoms with van der Waals surface area (Å²) in [5.41, 5.74) is 0.953. The zero-order valence-electron chi connectivity index (χ0n) is 20.4. The highest BCUT2D eigenvalue weighted by Crippen LogP contribution is 2.28. The van der Waals surface area contributed by atoms with Gasteiger partial charge in [-0.1, -0.05) is 42.3 Å². The third kappa shape index (κ3) is 8.02. The molecule has 2 aromatic rings. The highest BCUT2D eigenvalue weighted by molar-refractivity contribution is 7.92. The molecule has 0 aliphatic carbocycles. The number of rotatable bonds is 11. The van der Waals surface area contributed by atoms with Gasteiger partial charge in [0, 0.05) is 12.6 Å². The van der Waals surface area contributed by atoms with Crippen molar-refractivity contribution in [1.82, 2.24) is 10.2 Å². The lowest BCUT2D eigenvalue weighted by molar-refractivity contribution is -0.140. The maximum atomic E-state index is 13.6. The number of nitrogens with one attached hydrogen (secondary N) is 1. The van der Waals surface area contributed by atoms with Gasteiger partial charge >= 0.3 is 0 Å². The molecule has 1 atom stereocenters. The van der Waals surface area contributed by atoms with E-state index in [0.29, 0.717) is 12.2 Å². The highest BCUT2D eigenvalue weighted by Gasteiger charge is 2.32. The second-order valence-electron chi connectivity index (χ2n) is 8.33. The number of benzene rings is 2. The molecule has 0 fully saturated rings. The number of ether oxygens (including phenoxy) is 1. The molecule has 0 aliphatic rings. The molecule has 0 saturated carbocycles. The molecule has 8 nitrogen and oxygen atoms in total. The molecular formula is C24H31Cl2N3O5S. The molecule has 0 bridgehead atoms. The van der Waals surface area contributed by atoms with Gasteiger partial charge < -0.3 is 15.0 Å². The molecule has 35 heavy (non-hydrogen) atoms. The summed E-state index contributed by atoms with van der Waals surface area (Å²) in [6.45, 7) is 5.04. The number of hydrogen-bond donors (Lipinski definition) is 1. The molecule has 2 rings (SSSR count). The zero-order chi connectivity index (χ0) is 26.3. The molecule has 11 heteroatoms. The summed E-state index contributed by atoms with van der Waals surface area (Å²) < 4.78 is 31.4. The van der Waals surface area contributed by atoms with E-state index in [9.17, 15) is 18.0 Å². The monoisotopic (exact) mass is 543 g/mol. The van der Waals surface area contributed by atoms with E-state index < -0.39 is 28.5 Å². The fourth-order valence-electron chi connectivity index (χ4n) is 3.48. The minimum absolute atomic E-state index is 0.103. The van der Waals surface area contributed by atoms with E-state index in [1.165, 1.54) is 23.1 Å². The maximum absolute atomic E-state index is 13.6. The fourth-order valence-corrected chi connectivity index (χ4v) is 4.62. The van der Waals surface area contributed by atoms with E-state index in [4.69, 9.17) is 27.9 Å². The first-order valence-corrected chi connectivity index (χ1v) is 13.6. The minimum atomic E-state index is -3.86. The van der Waals surface area contributed by atoms with Gasteiger partial charge in [-0.15, -0.1) is 0 Å². The van der Waals surface area contributed by atoms with Crippen LogP contribution < -0.4 is 14.4 Å². The number of nitrogens with zero attached hydrogens (tertiary/aromatic N) is 2. The van der Waals surface area contributed by atoms with Crippen molar-refractivity contribution in [3.8, 4) is 5.75 Å². The summed E-state index contributed by atoms with van der Waals surface area (Å²) in [6, 6.07) is 10.5. The Balaban J connectivity index is 2.45. The van der Waals surface area contributed by atoms with E-state index in [2.05, 4.69) is 5.32 Å². The molecule has 192 valence electrons. The molecular weight excluding hydrogens is 513 g/mol. The number of methoxy groups -OCH3 is 1. The van der Waals surface area contributed by atoms with Gasteiger partial charge in [-0.3, -0.25) is 13.9 Å². The molecule has 0 aliphatic heterocycles. The van der Waals surface area contributed by atoms with Crippen LogP contribution in [0.1, 0.15) is 32.8 Å². The Morgan fingerprint density at radius 1 is 1.06 bits per heavy atom. The van der Waals surface area contributed by atoms with Gasteiger partial charge in [0.25, 0.3) is 0 Å². The van der Waals surface area contributed by atoms with Crippen LogP contribution >= 0.6 is 23.2 Å². The summed E-state index contributed by atoms with van der Waals surface area (Å²) in [5, 5.41) is 3.26. The standard InChI is InChI=1S/C24H31Cl2N3O5S/c1-6-22(24(31)27-16(2)3)28(14-17-7-10-19(34-4)11-8-17)23(30)15-29(35(5,32)33)18-9-12-20(25)21(26)13-18/h7-13,16,22H,6,14-15H2,1-5H3,(H,27,31)/t22-/m1/s1. The van der Waals surface area contributed by atoms with E-state index in [-0.39, 0.29) is 34.2 Å². The number of amides is 2. The van der Waals surface area contributed by atoms with Gasteiger partial charge in [0.05, 0.1) is 29.1 Å². The van der Waals surface area contributed by atoms with Gasteiger partial charge in [0.1, 0.15) is 18.3 Å². The van der Waals surface area contributed by atoms with Gasteiger partial charge in [-0.05, 0) is 56.2 Å². The molecule has 1 N–H and O–H groups in total. The number of halogens is 2. The van der Waals surface area contributed by atoms with Crippen LogP contribution in [0.2, 0.25) is 10.0 Å². The highest BCUT2D eigenvalue weighted by atomic mass is 35.5. The Labute approximate surface area is 217 Å². The summed E-state index contributed by atoms with van der Waals surface area (Å²) in [4.78, 5) is 28.0. The lowest BCUT2D eigenvalue weighted by atomic mass is 10.1. The van der Waals surface area contributed by atoms with E-state index in [0.717, 1.165) is 16.1 Å². The second kappa shape index (κ2) is 12.5. The van der Waals surface area contributed by atoms with Crippen LogP contribution in [0.4, 0.5) is 5.69 Å². The number of carbonyl (C=O) groups is 2. The van der Waals surface area contributed by atoms with Crippen LogP contribution in [0.3, 0.4) is 0 Å². The Kier molecular flexibility index (Phi) is 10.2. The quantitative estimate of drug-likeness (QED) is 0.460. The Morgan fingerprint density at radius 3 is 2.17 bits per heavy atom. The van der Waals surface area contributed by atoms with Crippen molar-refractivity contribution < 1.29 is 22.7 Å². The molecule has 0 unspecified atom stereocenters. The van der Waals surface area contributed by atoms with Crippen molar-refractivity contribution in [3.05, 3.63) is 58.1 Å². The SMILES string of the molecule is CC[C@H](C(=O)NC(C)C)N(Cc1ccc(OC)cc1)C(=O)CN(c1ccc(Cl)c(Cl)c1)S(C)(=O)=O. The largest absolute Gasteiger partial charge is 0.497 e. The van der Waals surface area contributed by atoms with Crippen LogP contribution in [-0.4, -0.2) is 57.1 Å². The third-order valence-electron chi connectivity index (χ3n) is 5.20. The lowest BCUT2D eigenvalue weighted by Crippen LogP contribution is -2.53. The van der Waals surface area contributed by atoms with Crippen molar-refractivity contribution in [2.45, 2.75) is 45.8 Å². The van der Waals surface area contributed by atoms with Crippen LogP contribution in [0.5, 0.6) is 5.75 Å².